The molecule has 0 fully saturated rings. The van der Waals surface area contributed by atoms with Gasteiger partial charge in [0.2, 0.25) is 0 Å². The van der Waals surface area contributed by atoms with Gasteiger partial charge in [-0.05, 0) is 36.1 Å². The molecule has 1 aromatic heterocycles. The second-order valence-electron chi connectivity index (χ2n) is 7.27. The molecule has 2 aromatic carbocycles. The maximum absolute atomic E-state index is 12.0. The number of hydrogen-bond acceptors (Lipinski definition) is 4. The van der Waals surface area contributed by atoms with Gasteiger partial charge >= 0.3 is 0 Å². The highest BCUT2D eigenvalue weighted by molar-refractivity contribution is 6.05. The maximum atomic E-state index is 12.0. The molecule has 0 bridgehead atoms. The van der Waals surface area contributed by atoms with Gasteiger partial charge in [0.1, 0.15) is 12.3 Å². The van der Waals surface area contributed by atoms with Crippen LogP contribution in [-0.4, -0.2) is 22.3 Å². The zero-order valence-corrected chi connectivity index (χ0v) is 16.2. The zero-order valence-electron chi connectivity index (χ0n) is 16.2. The fraction of sp³-hybridized carbons (Fsp3) is 0.227. The van der Waals surface area contributed by atoms with Gasteiger partial charge in [-0.1, -0.05) is 50.2 Å². The number of nitrogens with zero attached hydrogens (tertiary/aromatic N) is 3. The third-order valence-electron chi connectivity index (χ3n) is 4.92. The van der Waals surface area contributed by atoms with Crippen LogP contribution in [0.25, 0.3) is 0 Å². The fourth-order valence-corrected chi connectivity index (χ4v) is 3.39. The predicted molar refractivity (Wildman–Crippen MR) is 111 cm³/mol. The second kappa shape index (κ2) is 7.31. The molecule has 0 saturated heterocycles. The summed E-state index contributed by atoms with van der Waals surface area (Å²) in [7, 11) is 0. The Bertz CT molecular complexity index is 1020. The van der Waals surface area contributed by atoms with Gasteiger partial charge in [0.15, 0.2) is 11.7 Å². The molecular formula is C22H23N5O. The minimum atomic E-state index is -0.444. The van der Waals surface area contributed by atoms with Crippen molar-refractivity contribution < 1.29 is 4.79 Å². The molecule has 6 heteroatoms. The lowest BCUT2D eigenvalue weighted by Gasteiger charge is -2.37. The molecule has 3 aromatic rings. The molecule has 0 amide bonds. The van der Waals surface area contributed by atoms with Crippen molar-refractivity contribution in [3.05, 3.63) is 77.0 Å². The molecule has 2 heterocycles. The van der Waals surface area contributed by atoms with Gasteiger partial charge in [0, 0.05) is 17.3 Å². The average Bonchev–Trinajstić information content (AvgIpc) is 3.12. The molecule has 2 N–H and O–H groups in total. The van der Waals surface area contributed by atoms with Gasteiger partial charge in [0.05, 0.1) is 5.69 Å². The van der Waals surface area contributed by atoms with Crippen molar-refractivity contribution in [1.82, 2.24) is 15.6 Å². The van der Waals surface area contributed by atoms with Crippen LogP contribution < -0.4 is 10.4 Å². The Balaban J connectivity index is 1.79. The first-order valence-corrected chi connectivity index (χ1v) is 9.38. The van der Waals surface area contributed by atoms with Crippen molar-refractivity contribution in [3.8, 4) is 0 Å². The van der Waals surface area contributed by atoms with E-state index in [0.717, 1.165) is 28.8 Å². The van der Waals surface area contributed by atoms with Crippen molar-refractivity contribution >= 4 is 23.6 Å². The van der Waals surface area contributed by atoms with Gasteiger partial charge in [-0.2, -0.15) is 5.10 Å². The van der Waals surface area contributed by atoms with Gasteiger partial charge in [-0.25, -0.2) is 4.99 Å². The summed E-state index contributed by atoms with van der Waals surface area (Å²) in [5, 5.41) is 8.98. The van der Waals surface area contributed by atoms with E-state index in [4.69, 9.17) is 0 Å². The first-order valence-electron chi connectivity index (χ1n) is 9.38. The monoisotopic (exact) mass is 373 g/mol. The second-order valence-corrected chi connectivity index (χ2v) is 7.27. The van der Waals surface area contributed by atoms with Crippen LogP contribution in [0.1, 0.15) is 48.2 Å². The van der Waals surface area contributed by atoms with E-state index in [9.17, 15) is 4.79 Å². The van der Waals surface area contributed by atoms with Crippen LogP contribution >= 0.6 is 0 Å². The maximum Gasteiger partial charge on any atom is 0.176 e. The van der Waals surface area contributed by atoms with Gasteiger partial charge in [0.25, 0.3) is 0 Å². The lowest BCUT2D eigenvalue weighted by atomic mass is 9.97. The lowest BCUT2D eigenvalue weighted by Crippen LogP contribution is -2.50. The van der Waals surface area contributed by atoms with Crippen LogP contribution in [0.2, 0.25) is 0 Å². The van der Waals surface area contributed by atoms with Crippen LogP contribution in [0, 0.1) is 6.92 Å². The zero-order chi connectivity index (χ0) is 19.7. The minimum absolute atomic E-state index is 0.444. The quantitative estimate of drug-likeness (QED) is 0.673. The number of aromatic nitrogens is 2. The SMILES string of the molecule is Cc1cc(N=C2NN(c3ccc(C(C)C)cc3)C(C=O)c3ccccc32)n[nH]1. The number of carbonyl (C=O) groups is 1. The van der Waals surface area contributed by atoms with Gasteiger partial charge in [-0.15, -0.1) is 0 Å². The Morgan fingerprint density at radius 1 is 1.14 bits per heavy atom. The highest BCUT2D eigenvalue weighted by Gasteiger charge is 2.30. The number of nitrogens with one attached hydrogen (secondary N) is 2. The average molecular weight is 373 g/mol. The van der Waals surface area contributed by atoms with E-state index in [0.29, 0.717) is 17.6 Å². The summed E-state index contributed by atoms with van der Waals surface area (Å²) < 4.78 is 0. The third kappa shape index (κ3) is 3.29. The summed E-state index contributed by atoms with van der Waals surface area (Å²) in [5.41, 5.74) is 8.24. The number of aliphatic imine (C=N–C) groups is 1. The number of benzene rings is 2. The topological polar surface area (TPSA) is 73.4 Å². The number of carbonyl (C=O) groups excluding carboxylic acids is 1. The normalized spacial score (nSPS) is 17.5. The molecule has 1 unspecified atom stereocenters. The molecule has 0 radical (unpaired) electrons. The van der Waals surface area contributed by atoms with Crippen LogP contribution in [0.4, 0.5) is 11.5 Å². The molecule has 142 valence electrons. The van der Waals surface area contributed by atoms with Crippen LogP contribution in [0.5, 0.6) is 0 Å². The van der Waals surface area contributed by atoms with E-state index in [2.05, 4.69) is 46.6 Å². The first-order chi connectivity index (χ1) is 13.6. The number of rotatable bonds is 4. The molecule has 0 spiro atoms. The number of amidine groups is 1. The Morgan fingerprint density at radius 2 is 1.89 bits per heavy atom. The Hall–Kier alpha value is -3.41. The van der Waals surface area contributed by atoms with Crippen molar-refractivity contribution in [2.75, 3.05) is 5.01 Å². The molecule has 1 atom stereocenters. The van der Waals surface area contributed by atoms with Crippen LogP contribution in [0.3, 0.4) is 0 Å². The summed E-state index contributed by atoms with van der Waals surface area (Å²) >= 11 is 0. The first kappa shape index (κ1) is 18.0. The third-order valence-corrected chi connectivity index (χ3v) is 4.92. The molecule has 1 aliphatic rings. The lowest BCUT2D eigenvalue weighted by molar-refractivity contribution is -0.109. The van der Waals surface area contributed by atoms with E-state index in [1.807, 2.05) is 54.4 Å². The molecule has 6 nitrogen and oxygen atoms in total. The van der Waals surface area contributed by atoms with E-state index >= 15 is 0 Å². The molecule has 0 saturated carbocycles. The predicted octanol–water partition coefficient (Wildman–Crippen LogP) is 4.18. The van der Waals surface area contributed by atoms with Gasteiger partial charge < -0.3 is 4.79 Å². The smallest absolute Gasteiger partial charge is 0.176 e. The molecule has 4 rings (SSSR count). The number of hydrazine groups is 1. The number of hydrogen-bond donors (Lipinski definition) is 2. The Labute approximate surface area is 164 Å². The van der Waals surface area contributed by atoms with Crippen LogP contribution in [0.15, 0.2) is 59.6 Å². The van der Waals surface area contributed by atoms with E-state index in [-0.39, 0.29) is 0 Å². The number of fused-ring (bicyclic) bond motifs is 1. The largest absolute Gasteiger partial charge is 0.301 e. The van der Waals surface area contributed by atoms with Crippen molar-refractivity contribution in [2.24, 2.45) is 4.99 Å². The summed E-state index contributed by atoms with van der Waals surface area (Å²) in [5.74, 6) is 1.70. The standard InChI is InChI=1S/C22H23N5O/c1-14(2)16-8-10-17(11-9-16)27-20(13-28)18-6-4-5-7-19(18)22(26-27)23-21-12-15(3)24-25-21/h4-14,20H,1-3H3,(H2,23,24,25,26). The Morgan fingerprint density at radius 3 is 2.54 bits per heavy atom. The number of aldehydes is 1. The molecule has 0 aliphatic carbocycles. The number of aromatic amines is 1. The van der Waals surface area contributed by atoms with E-state index in [1.54, 1.807) is 0 Å². The molecule has 1 aliphatic heterocycles. The van der Waals surface area contributed by atoms with Crippen molar-refractivity contribution in [3.63, 3.8) is 0 Å². The highest BCUT2D eigenvalue weighted by Crippen LogP contribution is 2.32. The highest BCUT2D eigenvalue weighted by atomic mass is 16.1. The number of H-pyrrole nitrogens is 1. The number of aryl methyl sites for hydroxylation is 1. The summed E-state index contributed by atoms with van der Waals surface area (Å²) in [4.78, 5) is 16.7. The summed E-state index contributed by atoms with van der Waals surface area (Å²) in [6.45, 7) is 6.26. The molecular weight excluding hydrogens is 350 g/mol. The Kier molecular flexibility index (Phi) is 4.69. The van der Waals surface area contributed by atoms with Crippen LogP contribution in [-0.2, 0) is 4.79 Å². The van der Waals surface area contributed by atoms with Crippen molar-refractivity contribution in [2.45, 2.75) is 32.7 Å². The minimum Gasteiger partial charge on any atom is -0.301 e. The molecule has 28 heavy (non-hydrogen) atoms. The van der Waals surface area contributed by atoms with E-state index < -0.39 is 6.04 Å². The van der Waals surface area contributed by atoms with E-state index in [1.165, 1.54) is 5.56 Å². The summed E-state index contributed by atoms with van der Waals surface area (Å²) in [6.07, 6.45) is 0.956. The summed E-state index contributed by atoms with van der Waals surface area (Å²) in [6, 6.07) is 17.5. The van der Waals surface area contributed by atoms with Crippen molar-refractivity contribution in [1.29, 1.82) is 0 Å². The van der Waals surface area contributed by atoms with Gasteiger partial charge in [-0.3, -0.25) is 15.5 Å². The number of anilines is 1. The fourth-order valence-electron chi connectivity index (χ4n) is 3.39.